The van der Waals surface area contributed by atoms with Gasteiger partial charge < -0.3 is 4.90 Å². The molecule has 0 unspecified atom stereocenters. The van der Waals surface area contributed by atoms with Crippen LogP contribution in [0, 0.1) is 0 Å². The van der Waals surface area contributed by atoms with Gasteiger partial charge in [0.15, 0.2) is 0 Å². The number of likely N-dealkylation sites (N-methyl/N-ethyl adjacent to an activating group) is 1. The van der Waals surface area contributed by atoms with Crippen LogP contribution in [0.15, 0.2) is 52.6 Å². The molecule has 2 heterocycles. The van der Waals surface area contributed by atoms with E-state index in [-0.39, 0.29) is 5.56 Å². The van der Waals surface area contributed by atoms with Crippen LogP contribution in [0.5, 0.6) is 0 Å². The number of thiophene rings is 1. The molecule has 0 bridgehead atoms. The van der Waals surface area contributed by atoms with Crippen LogP contribution in [0.2, 0.25) is 0 Å². The predicted octanol–water partition coefficient (Wildman–Crippen LogP) is 5.18. The van der Waals surface area contributed by atoms with E-state index in [1.54, 1.807) is 11.3 Å². The van der Waals surface area contributed by atoms with Crippen molar-refractivity contribution >= 4 is 32.3 Å². The minimum Gasteiger partial charge on any atom is -0.302 e. The minimum absolute atomic E-state index is 0.0865. The van der Waals surface area contributed by atoms with Gasteiger partial charge in [-0.2, -0.15) is 0 Å². The Kier molecular flexibility index (Phi) is 5.79. The zero-order chi connectivity index (χ0) is 20.4. The number of benzene rings is 2. The van der Waals surface area contributed by atoms with Crippen LogP contribution in [-0.4, -0.2) is 34.1 Å². The topological polar surface area (TPSA) is 38.1 Å². The van der Waals surface area contributed by atoms with E-state index in [0.29, 0.717) is 6.54 Å². The number of hydrogen-bond acceptors (Lipinski definition) is 4. The van der Waals surface area contributed by atoms with Gasteiger partial charge in [-0.25, -0.2) is 4.98 Å². The lowest BCUT2D eigenvalue weighted by Gasteiger charge is -2.19. The second-order valence-electron chi connectivity index (χ2n) is 7.26. The van der Waals surface area contributed by atoms with Crippen molar-refractivity contribution in [2.75, 3.05) is 19.6 Å². The van der Waals surface area contributed by atoms with Gasteiger partial charge in [0, 0.05) is 30.5 Å². The number of nitrogens with zero attached hydrogens (tertiary/aromatic N) is 3. The molecule has 4 nitrogen and oxygen atoms in total. The highest BCUT2D eigenvalue weighted by atomic mass is 32.1. The van der Waals surface area contributed by atoms with Crippen LogP contribution < -0.4 is 5.56 Å². The van der Waals surface area contributed by atoms with Crippen LogP contribution in [0.1, 0.15) is 26.6 Å². The molecule has 29 heavy (non-hydrogen) atoms. The van der Waals surface area contributed by atoms with E-state index in [9.17, 15) is 4.79 Å². The largest absolute Gasteiger partial charge is 0.302 e. The molecule has 0 aliphatic rings. The predicted molar refractivity (Wildman–Crippen MR) is 124 cm³/mol. The standard InChI is InChI=1S/C24H27N3OS/c1-4-21-25-23-22(24(28)27(21)14-13-26(5-2)6-3)20(16-29-23)19-12-11-17-9-7-8-10-18(17)15-19/h7-12,15-16H,4-6,13-14H2,1-3H3. The Balaban J connectivity index is 1.83. The average Bonchev–Trinajstić information content (AvgIpc) is 3.19. The molecule has 0 atom stereocenters. The number of aromatic nitrogens is 2. The Morgan fingerprint density at radius 2 is 1.79 bits per heavy atom. The maximum atomic E-state index is 13.5. The van der Waals surface area contributed by atoms with Crippen LogP contribution in [0.4, 0.5) is 0 Å². The van der Waals surface area contributed by atoms with Crippen LogP contribution >= 0.6 is 11.3 Å². The molecule has 2 aromatic heterocycles. The lowest BCUT2D eigenvalue weighted by Crippen LogP contribution is -2.33. The third-order valence-electron chi connectivity index (χ3n) is 5.68. The SMILES string of the molecule is CCc1nc2scc(-c3ccc4ccccc4c3)c2c(=O)n1CCN(CC)CC. The first kappa shape index (κ1) is 19.8. The maximum absolute atomic E-state index is 13.5. The Morgan fingerprint density at radius 3 is 2.52 bits per heavy atom. The van der Waals surface area contributed by atoms with Crippen molar-refractivity contribution in [3.8, 4) is 11.1 Å². The number of hydrogen-bond donors (Lipinski definition) is 0. The molecule has 0 saturated carbocycles. The maximum Gasteiger partial charge on any atom is 0.262 e. The van der Waals surface area contributed by atoms with E-state index in [4.69, 9.17) is 4.98 Å². The van der Waals surface area contributed by atoms with Crippen molar-refractivity contribution < 1.29 is 0 Å². The van der Waals surface area contributed by atoms with Crippen molar-refractivity contribution in [3.63, 3.8) is 0 Å². The molecule has 0 aliphatic carbocycles. The second-order valence-corrected chi connectivity index (χ2v) is 8.11. The summed E-state index contributed by atoms with van der Waals surface area (Å²) in [6, 6.07) is 14.7. The molecule has 150 valence electrons. The molecule has 0 N–H and O–H groups in total. The van der Waals surface area contributed by atoms with Gasteiger partial charge in [-0.05, 0) is 35.5 Å². The van der Waals surface area contributed by atoms with E-state index in [1.165, 1.54) is 10.8 Å². The summed E-state index contributed by atoms with van der Waals surface area (Å²) in [5, 5.41) is 5.22. The summed E-state index contributed by atoms with van der Waals surface area (Å²) in [4.78, 5) is 21.6. The normalized spacial score (nSPS) is 11.7. The molecule has 0 spiro atoms. The zero-order valence-corrected chi connectivity index (χ0v) is 18.1. The third kappa shape index (κ3) is 3.72. The molecular weight excluding hydrogens is 378 g/mol. The highest BCUT2D eigenvalue weighted by molar-refractivity contribution is 7.17. The smallest absolute Gasteiger partial charge is 0.262 e. The van der Waals surface area contributed by atoms with Crippen molar-refractivity contribution in [3.05, 3.63) is 64.0 Å². The van der Waals surface area contributed by atoms with E-state index < -0.39 is 0 Å². The Hall–Kier alpha value is -2.50. The lowest BCUT2D eigenvalue weighted by atomic mass is 10.0. The molecule has 0 radical (unpaired) electrons. The van der Waals surface area contributed by atoms with Crippen molar-refractivity contribution in [2.45, 2.75) is 33.7 Å². The van der Waals surface area contributed by atoms with E-state index in [0.717, 1.165) is 53.2 Å². The highest BCUT2D eigenvalue weighted by Gasteiger charge is 2.17. The molecule has 5 heteroatoms. The third-order valence-corrected chi connectivity index (χ3v) is 6.56. The first-order chi connectivity index (χ1) is 14.2. The lowest BCUT2D eigenvalue weighted by molar-refractivity contribution is 0.287. The summed E-state index contributed by atoms with van der Waals surface area (Å²) in [6.45, 7) is 9.91. The summed E-state index contributed by atoms with van der Waals surface area (Å²) in [5.41, 5.74) is 2.16. The molecular formula is C24H27N3OS. The first-order valence-electron chi connectivity index (χ1n) is 10.4. The summed E-state index contributed by atoms with van der Waals surface area (Å²) in [6.07, 6.45) is 0.757. The van der Waals surface area contributed by atoms with Gasteiger partial charge in [0.05, 0.1) is 5.39 Å². The molecule has 0 saturated heterocycles. The van der Waals surface area contributed by atoms with Gasteiger partial charge in [-0.3, -0.25) is 9.36 Å². The van der Waals surface area contributed by atoms with Crippen LogP contribution in [0.3, 0.4) is 0 Å². The van der Waals surface area contributed by atoms with E-state index in [2.05, 4.69) is 61.4 Å². The summed E-state index contributed by atoms with van der Waals surface area (Å²) in [5.74, 6) is 0.876. The van der Waals surface area contributed by atoms with Gasteiger partial charge in [0.1, 0.15) is 10.7 Å². The van der Waals surface area contributed by atoms with Crippen molar-refractivity contribution in [2.24, 2.45) is 0 Å². The summed E-state index contributed by atoms with van der Waals surface area (Å²) >= 11 is 1.57. The highest BCUT2D eigenvalue weighted by Crippen LogP contribution is 2.32. The average molecular weight is 406 g/mol. The van der Waals surface area contributed by atoms with Crippen molar-refractivity contribution in [1.29, 1.82) is 0 Å². The molecule has 0 fully saturated rings. The van der Waals surface area contributed by atoms with Crippen LogP contribution in [-0.2, 0) is 13.0 Å². The Morgan fingerprint density at radius 1 is 1.03 bits per heavy atom. The quantitative estimate of drug-likeness (QED) is 0.425. The Labute approximate surface area is 175 Å². The summed E-state index contributed by atoms with van der Waals surface area (Å²) < 4.78 is 1.89. The fraction of sp³-hybridized carbons (Fsp3) is 0.333. The van der Waals surface area contributed by atoms with Crippen LogP contribution in [0.25, 0.3) is 32.1 Å². The molecule has 0 amide bonds. The number of aryl methyl sites for hydroxylation is 1. The van der Waals surface area contributed by atoms with Crippen molar-refractivity contribution in [1.82, 2.24) is 14.5 Å². The van der Waals surface area contributed by atoms with Gasteiger partial charge in [-0.1, -0.05) is 57.2 Å². The fourth-order valence-electron chi connectivity index (χ4n) is 3.92. The van der Waals surface area contributed by atoms with Gasteiger partial charge >= 0.3 is 0 Å². The van der Waals surface area contributed by atoms with Gasteiger partial charge in [-0.15, -0.1) is 11.3 Å². The molecule has 2 aromatic carbocycles. The van der Waals surface area contributed by atoms with E-state index in [1.807, 2.05) is 16.7 Å². The summed E-state index contributed by atoms with van der Waals surface area (Å²) in [7, 11) is 0. The number of rotatable bonds is 7. The molecule has 4 rings (SSSR count). The first-order valence-corrected chi connectivity index (χ1v) is 11.3. The van der Waals surface area contributed by atoms with Gasteiger partial charge in [0.2, 0.25) is 0 Å². The zero-order valence-electron chi connectivity index (χ0n) is 17.3. The minimum atomic E-state index is 0.0865. The fourth-order valence-corrected chi connectivity index (χ4v) is 4.87. The Bertz CT molecular complexity index is 1200. The molecule has 0 aliphatic heterocycles. The van der Waals surface area contributed by atoms with E-state index >= 15 is 0 Å². The second kappa shape index (κ2) is 8.47. The van der Waals surface area contributed by atoms with Gasteiger partial charge in [0.25, 0.3) is 5.56 Å². The number of fused-ring (bicyclic) bond motifs is 2. The monoisotopic (exact) mass is 405 g/mol. The molecule has 4 aromatic rings.